The van der Waals surface area contributed by atoms with Crippen molar-refractivity contribution in [2.24, 2.45) is 0 Å². The first kappa shape index (κ1) is 15.9. The van der Waals surface area contributed by atoms with Crippen LogP contribution in [0, 0.1) is 23.7 Å². The molecule has 0 saturated carbocycles. The van der Waals surface area contributed by atoms with Crippen molar-refractivity contribution >= 4 is 0 Å². The quantitative estimate of drug-likeness (QED) is 0.402. The molecular formula is C17H26. The predicted octanol–water partition coefficient (Wildman–Crippen LogP) is 5.10. The van der Waals surface area contributed by atoms with Gasteiger partial charge in [-0.1, -0.05) is 70.3 Å². The molecule has 0 aliphatic heterocycles. The van der Waals surface area contributed by atoms with Crippen LogP contribution < -0.4 is 0 Å². The molecule has 0 aliphatic rings. The van der Waals surface area contributed by atoms with E-state index in [1.54, 1.807) is 0 Å². The Morgan fingerprint density at radius 1 is 0.824 bits per heavy atom. The lowest BCUT2D eigenvalue weighted by Crippen LogP contribution is -1.77. The zero-order chi connectivity index (χ0) is 12.6. The van der Waals surface area contributed by atoms with E-state index in [2.05, 4.69) is 43.6 Å². The van der Waals surface area contributed by atoms with Crippen LogP contribution >= 0.6 is 0 Å². The Labute approximate surface area is 108 Å². The van der Waals surface area contributed by atoms with Crippen LogP contribution in [0.25, 0.3) is 0 Å². The summed E-state index contributed by atoms with van der Waals surface area (Å²) in [5.74, 6) is 11.8. The minimum absolute atomic E-state index is 0.999. The molecule has 0 aromatic heterocycles. The molecule has 0 heterocycles. The Bertz CT molecular complexity index is 287. The summed E-state index contributed by atoms with van der Waals surface area (Å²) >= 11 is 0. The van der Waals surface area contributed by atoms with Gasteiger partial charge in [0.1, 0.15) is 0 Å². The minimum Gasteiger partial charge on any atom is -0.0891 e. The smallest absolute Gasteiger partial charge is 0.00989 e. The van der Waals surface area contributed by atoms with E-state index in [1.165, 1.54) is 44.9 Å². The van der Waals surface area contributed by atoms with E-state index in [4.69, 9.17) is 0 Å². The van der Waals surface area contributed by atoms with Crippen LogP contribution in [0.2, 0.25) is 0 Å². The topological polar surface area (TPSA) is 0 Å². The fourth-order valence-corrected chi connectivity index (χ4v) is 1.49. The molecule has 0 nitrogen and oxygen atoms in total. The monoisotopic (exact) mass is 230 g/mol. The molecule has 0 radical (unpaired) electrons. The average molecular weight is 230 g/mol. The molecule has 17 heavy (non-hydrogen) atoms. The summed E-state index contributed by atoms with van der Waals surface area (Å²) in [7, 11) is 0. The van der Waals surface area contributed by atoms with Crippen LogP contribution in [0.4, 0.5) is 0 Å². The van der Waals surface area contributed by atoms with Crippen molar-refractivity contribution in [2.75, 3.05) is 0 Å². The molecule has 0 aliphatic carbocycles. The van der Waals surface area contributed by atoms with E-state index in [1.807, 2.05) is 6.08 Å². The molecule has 0 bridgehead atoms. The Kier molecular flexibility index (Phi) is 13.9. The van der Waals surface area contributed by atoms with Gasteiger partial charge in [-0.25, -0.2) is 0 Å². The SMILES string of the molecule is CCC/C=C/C#CC#CCCCCCCCC. The van der Waals surface area contributed by atoms with E-state index in [9.17, 15) is 0 Å². The fourth-order valence-electron chi connectivity index (χ4n) is 1.49. The number of allylic oxidation sites excluding steroid dienone is 2. The average Bonchev–Trinajstić information content (AvgIpc) is 2.35. The van der Waals surface area contributed by atoms with Gasteiger partial charge in [-0.15, -0.1) is 0 Å². The Hall–Kier alpha value is -1.14. The molecule has 0 saturated heterocycles. The second kappa shape index (κ2) is 14.9. The van der Waals surface area contributed by atoms with Crippen LogP contribution in [-0.4, -0.2) is 0 Å². The molecule has 0 spiro atoms. The standard InChI is InChI=1S/C17H26/c1-3-5-7-9-11-13-15-17-16-14-12-10-8-6-4-2/h7,9H,3-6,8,10,12,14,16H2,1-2H3/b9-7+. The van der Waals surface area contributed by atoms with Crippen LogP contribution in [0.1, 0.15) is 71.6 Å². The fraction of sp³-hybridized carbons (Fsp3) is 0.647. The molecule has 0 fully saturated rings. The summed E-state index contributed by atoms with van der Waals surface area (Å²) < 4.78 is 0. The van der Waals surface area contributed by atoms with E-state index in [0.29, 0.717) is 0 Å². The van der Waals surface area contributed by atoms with Gasteiger partial charge in [0.15, 0.2) is 0 Å². The molecule has 0 unspecified atom stereocenters. The molecule has 0 aromatic carbocycles. The second-order valence-electron chi connectivity index (χ2n) is 4.28. The van der Waals surface area contributed by atoms with Crippen molar-refractivity contribution in [3.05, 3.63) is 12.2 Å². The molecule has 0 atom stereocenters. The molecular weight excluding hydrogens is 204 g/mol. The summed E-state index contributed by atoms with van der Waals surface area (Å²) in [6.45, 7) is 4.41. The lowest BCUT2D eigenvalue weighted by molar-refractivity contribution is 0.614. The van der Waals surface area contributed by atoms with Gasteiger partial charge < -0.3 is 0 Å². The van der Waals surface area contributed by atoms with Gasteiger partial charge in [0.25, 0.3) is 0 Å². The molecule has 0 heteroatoms. The highest BCUT2D eigenvalue weighted by Crippen LogP contribution is 2.05. The van der Waals surface area contributed by atoms with Gasteiger partial charge in [-0.2, -0.15) is 0 Å². The number of hydrogen-bond acceptors (Lipinski definition) is 0. The zero-order valence-corrected chi connectivity index (χ0v) is 11.5. The molecule has 0 rings (SSSR count). The van der Waals surface area contributed by atoms with Gasteiger partial charge in [0, 0.05) is 6.42 Å². The number of hydrogen-bond donors (Lipinski definition) is 0. The first-order chi connectivity index (χ1) is 8.41. The highest BCUT2D eigenvalue weighted by atomic mass is 13.9. The van der Waals surface area contributed by atoms with Crippen molar-refractivity contribution in [1.29, 1.82) is 0 Å². The molecule has 0 aromatic rings. The molecule has 0 amide bonds. The first-order valence-electron chi connectivity index (χ1n) is 7.05. The largest absolute Gasteiger partial charge is 0.0891 e. The van der Waals surface area contributed by atoms with Crippen molar-refractivity contribution < 1.29 is 0 Å². The van der Waals surface area contributed by atoms with E-state index < -0.39 is 0 Å². The third kappa shape index (κ3) is 14.9. The first-order valence-corrected chi connectivity index (χ1v) is 7.05. The van der Waals surface area contributed by atoms with Gasteiger partial charge in [-0.3, -0.25) is 0 Å². The van der Waals surface area contributed by atoms with E-state index >= 15 is 0 Å². The highest BCUT2D eigenvalue weighted by molar-refractivity contribution is 5.30. The third-order valence-corrected chi connectivity index (χ3v) is 2.53. The molecule has 0 N–H and O–H groups in total. The van der Waals surface area contributed by atoms with Crippen molar-refractivity contribution in [1.82, 2.24) is 0 Å². The Balaban J connectivity index is 3.36. The lowest BCUT2D eigenvalue weighted by atomic mass is 10.1. The molecule has 94 valence electrons. The van der Waals surface area contributed by atoms with Crippen LogP contribution in [-0.2, 0) is 0 Å². The zero-order valence-electron chi connectivity index (χ0n) is 11.5. The van der Waals surface area contributed by atoms with Crippen LogP contribution in [0.3, 0.4) is 0 Å². The van der Waals surface area contributed by atoms with Crippen LogP contribution in [0.15, 0.2) is 12.2 Å². The second-order valence-corrected chi connectivity index (χ2v) is 4.28. The van der Waals surface area contributed by atoms with Gasteiger partial charge >= 0.3 is 0 Å². The Morgan fingerprint density at radius 2 is 1.59 bits per heavy atom. The summed E-state index contributed by atoms with van der Waals surface area (Å²) in [6, 6.07) is 0. The van der Waals surface area contributed by atoms with Gasteiger partial charge in [0.05, 0.1) is 0 Å². The summed E-state index contributed by atoms with van der Waals surface area (Å²) in [5, 5.41) is 0. The maximum atomic E-state index is 3.11. The predicted molar refractivity (Wildman–Crippen MR) is 77.6 cm³/mol. The minimum atomic E-state index is 0.999. The van der Waals surface area contributed by atoms with Crippen LogP contribution in [0.5, 0.6) is 0 Å². The van der Waals surface area contributed by atoms with Gasteiger partial charge in [-0.05, 0) is 30.8 Å². The van der Waals surface area contributed by atoms with Crippen molar-refractivity contribution in [3.8, 4) is 23.7 Å². The normalized spacial score (nSPS) is 9.53. The number of unbranched alkanes of at least 4 members (excludes halogenated alkanes) is 7. The van der Waals surface area contributed by atoms with E-state index in [-0.39, 0.29) is 0 Å². The number of rotatable bonds is 8. The van der Waals surface area contributed by atoms with Crippen molar-refractivity contribution in [3.63, 3.8) is 0 Å². The lowest BCUT2D eigenvalue weighted by Gasteiger charge is -1.96. The summed E-state index contributed by atoms with van der Waals surface area (Å²) in [6.07, 6.45) is 15.3. The summed E-state index contributed by atoms with van der Waals surface area (Å²) in [5.41, 5.74) is 0. The van der Waals surface area contributed by atoms with Gasteiger partial charge in [0.2, 0.25) is 0 Å². The van der Waals surface area contributed by atoms with Crippen molar-refractivity contribution in [2.45, 2.75) is 71.6 Å². The summed E-state index contributed by atoms with van der Waals surface area (Å²) in [4.78, 5) is 0. The third-order valence-electron chi connectivity index (χ3n) is 2.53. The maximum Gasteiger partial charge on any atom is 0.00989 e. The van der Waals surface area contributed by atoms with E-state index in [0.717, 1.165) is 12.8 Å². The Morgan fingerprint density at radius 3 is 2.35 bits per heavy atom. The maximum absolute atomic E-state index is 3.11. The highest BCUT2D eigenvalue weighted by Gasteiger charge is 1.87.